The number of aryl methyl sites for hydroxylation is 2. The van der Waals surface area contributed by atoms with Gasteiger partial charge >= 0.3 is 0 Å². The molecule has 0 aliphatic carbocycles. The number of benzene rings is 1. The molecular weight excluding hydrogens is 442 g/mol. The Hall–Kier alpha value is -2.46. The van der Waals surface area contributed by atoms with Gasteiger partial charge < -0.3 is 15.2 Å². The van der Waals surface area contributed by atoms with Crippen LogP contribution in [-0.4, -0.2) is 60.3 Å². The zero-order chi connectivity index (χ0) is 24.0. The predicted octanol–water partition coefficient (Wildman–Crippen LogP) is 2.05. The van der Waals surface area contributed by atoms with Crippen LogP contribution >= 0.6 is 0 Å². The van der Waals surface area contributed by atoms with E-state index in [1.807, 2.05) is 19.9 Å². The number of aromatic nitrogens is 2. The average molecular weight is 478 g/mol. The minimum absolute atomic E-state index is 0.0383. The van der Waals surface area contributed by atoms with Crippen molar-refractivity contribution in [3.63, 3.8) is 0 Å². The van der Waals surface area contributed by atoms with E-state index in [2.05, 4.69) is 27.1 Å². The number of nitrogens with one attached hydrogen (secondary N) is 2. The average Bonchev–Trinajstić information content (AvgIpc) is 3.44. The van der Waals surface area contributed by atoms with Gasteiger partial charge in [0.25, 0.3) is 0 Å². The normalized spacial score (nSPS) is 14.8. The highest BCUT2D eigenvalue weighted by atomic mass is 32.2. The second-order valence-corrected chi connectivity index (χ2v) is 10.7. The molecule has 33 heavy (non-hydrogen) atoms. The van der Waals surface area contributed by atoms with Gasteiger partial charge in [-0.25, -0.2) is 13.4 Å². The zero-order valence-electron chi connectivity index (χ0n) is 19.8. The van der Waals surface area contributed by atoms with Crippen LogP contribution in [0.1, 0.15) is 52.3 Å². The van der Waals surface area contributed by atoms with Crippen LogP contribution in [-0.2, 0) is 32.6 Å². The van der Waals surface area contributed by atoms with Gasteiger partial charge in [0.2, 0.25) is 21.8 Å². The van der Waals surface area contributed by atoms with Crippen molar-refractivity contribution < 1.29 is 18.0 Å². The smallest absolute Gasteiger partial charge is 0.243 e. The van der Waals surface area contributed by atoms with E-state index in [0.29, 0.717) is 38.1 Å². The molecule has 9 nitrogen and oxygen atoms in total. The van der Waals surface area contributed by atoms with E-state index in [4.69, 9.17) is 0 Å². The molecule has 3 rings (SSSR count). The number of fused-ring (bicyclic) bond motifs is 1. The molecular formula is C23H35N5O4S. The minimum Gasteiger partial charge on any atom is -0.354 e. The summed E-state index contributed by atoms with van der Waals surface area (Å²) in [4.78, 5) is 28.8. The lowest BCUT2D eigenvalue weighted by Crippen LogP contribution is -2.36. The third-order valence-corrected chi connectivity index (χ3v) is 7.69. The first-order valence-corrected chi connectivity index (χ1v) is 13.2. The van der Waals surface area contributed by atoms with E-state index in [0.717, 1.165) is 37.1 Å². The number of amides is 2. The van der Waals surface area contributed by atoms with E-state index in [1.54, 1.807) is 12.1 Å². The standard InChI is InChI=1S/C23H35N5O4S/c1-4-13-28-20-8-7-18(33(31,32)27-14-5-6-15-27)16-19(20)26-21(28)9-10-22(29)24-11-12-25-23(30)17(2)3/h7-8,16-17H,4-6,9-15H2,1-3H3,(H,24,29)(H,25,30). The van der Waals surface area contributed by atoms with Crippen LogP contribution < -0.4 is 10.6 Å². The zero-order valence-corrected chi connectivity index (χ0v) is 20.6. The summed E-state index contributed by atoms with van der Waals surface area (Å²) >= 11 is 0. The summed E-state index contributed by atoms with van der Waals surface area (Å²) in [7, 11) is -3.51. The van der Waals surface area contributed by atoms with Crippen molar-refractivity contribution in [1.29, 1.82) is 0 Å². The minimum atomic E-state index is -3.51. The van der Waals surface area contributed by atoms with Gasteiger partial charge in [0, 0.05) is 51.5 Å². The first-order chi connectivity index (χ1) is 15.7. The highest BCUT2D eigenvalue weighted by Gasteiger charge is 2.27. The SMILES string of the molecule is CCCn1c(CCC(=O)NCCNC(=O)C(C)C)nc2cc(S(=O)(=O)N3CCCC3)ccc21. The number of carbonyl (C=O) groups is 2. The Bertz CT molecular complexity index is 1090. The highest BCUT2D eigenvalue weighted by Crippen LogP contribution is 2.25. The molecule has 1 aliphatic rings. The first kappa shape index (κ1) is 25.2. The molecule has 0 spiro atoms. The number of imidazole rings is 1. The summed E-state index contributed by atoms with van der Waals surface area (Å²) < 4.78 is 29.5. The number of carbonyl (C=O) groups excluding carboxylic acids is 2. The Morgan fingerprint density at radius 3 is 2.48 bits per heavy atom. The Morgan fingerprint density at radius 1 is 1.12 bits per heavy atom. The molecule has 182 valence electrons. The van der Waals surface area contributed by atoms with Gasteiger partial charge in [-0.3, -0.25) is 9.59 Å². The fourth-order valence-corrected chi connectivity index (χ4v) is 5.50. The molecule has 10 heteroatoms. The molecule has 1 saturated heterocycles. The van der Waals surface area contributed by atoms with Crippen molar-refractivity contribution in [1.82, 2.24) is 24.5 Å². The summed E-state index contributed by atoms with van der Waals surface area (Å²) in [5, 5.41) is 5.59. The van der Waals surface area contributed by atoms with Gasteiger partial charge in [-0.05, 0) is 37.5 Å². The number of rotatable bonds is 11. The summed E-state index contributed by atoms with van der Waals surface area (Å²) in [5.74, 6) is 0.536. The quantitative estimate of drug-likeness (QED) is 0.481. The maximum Gasteiger partial charge on any atom is 0.243 e. The number of hydrogen-bond acceptors (Lipinski definition) is 5. The van der Waals surface area contributed by atoms with Crippen molar-refractivity contribution >= 4 is 32.9 Å². The highest BCUT2D eigenvalue weighted by molar-refractivity contribution is 7.89. The Morgan fingerprint density at radius 2 is 1.82 bits per heavy atom. The summed E-state index contributed by atoms with van der Waals surface area (Å²) in [6.45, 7) is 8.35. The summed E-state index contributed by atoms with van der Waals surface area (Å²) in [6.07, 6.45) is 3.40. The Balaban J connectivity index is 1.67. The molecule has 1 aromatic heterocycles. The largest absolute Gasteiger partial charge is 0.354 e. The molecule has 0 bridgehead atoms. The number of sulfonamides is 1. The van der Waals surface area contributed by atoms with E-state index >= 15 is 0 Å². The van der Waals surface area contributed by atoms with E-state index in [-0.39, 0.29) is 29.0 Å². The fourth-order valence-electron chi connectivity index (χ4n) is 3.97. The van der Waals surface area contributed by atoms with E-state index < -0.39 is 10.0 Å². The molecule has 1 aliphatic heterocycles. The molecule has 0 atom stereocenters. The topological polar surface area (TPSA) is 113 Å². The van der Waals surface area contributed by atoms with Crippen molar-refractivity contribution in [3.05, 3.63) is 24.0 Å². The Labute approximate surface area is 196 Å². The van der Waals surface area contributed by atoms with Gasteiger partial charge in [0.05, 0.1) is 15.9 Å². The number of nitrogens with zero attached hydrogens (tertiary/aromatic N) is 3. The summed E-state index contributed by atoms with van der Waals surface area (Å²) in [6, 6.07) is 5.13. The van der Waals surface area contributed by atoms with Gasteiger partial charge in [0.15, 0.2) is 0 Å². The molecule has 2 heterocycles. The molecule has 0 saturated carbocycles. The molecule has 1 fully saturated rings. The number of hydrogen-bond donors (Lipinski definition) is 2. The van der Waals surface area contributed by atoms with Crippen molar-refractivity contribution in [2.24, 2.45) is 5.92 Å². The van der Waals surface area contributed by atoms with Gasteiger partial charge in [0.1, 0.15) is 5.82 Å². The lowest BCUT2D eigenvalue weighted by Gasteiger charge is -2.15. The van der Waals surface area contributed by atoms with E-state index in [9.17, 15) is 18.0 Å². The van der Waals surface area contributed by atoms with Crippen LogP contribution in [0.15, 0.2) is 23.1 Å². The molecule has 1 aromatic carbocycles. The van der Waals surface area contributed by atoms with Gasteiger partial charge in [-0.2, -0.15) is 4.31 Å². The maximum absolute atomic E-state index is 12.9. The molecule has 2 aromatic rings. The summed E-state index contributed by atoms with van der Waals surface area (Å²) in [5.41, 5.74) is 1.51. The van der Waals surface area contributed by atoms with Crippen LogP contribution in [0.4, 0.5) is 0 Å². The maximum atomic E-state index is 12.9. The second-order valence-electron chi connectivity index (χ2n) is 8.74. The van der Waals surface area contributed by atoms with Crippen LogP contribution in [0.2, 0.25) is 0 Å². The van der Waals surface area contributed by atoms with Crippen molar-refractivity contribution in [2.45, 2.75) is 64.3 Å². The fraction of sp³-hybridized carbons (Fsp3) is 0.609. The molecule has 0 radical (unpaired) electrons. The van der Waals surface area contributed by atoms with Gasteiger partial charge in [-0.1, -0.05) is 20.8 Å². The Kier molecular flexibility index (Phi) is 8.47. The lowest BCUT2D eigenvalue weighted by molar-refractivity contribution is -0.124. The third-order valence-electron chi connectivity index (χ3n) is 5.80. The molecule has 2 amide bonds. The molecule has 2 N–H and O–H groups in total. The van der Waals surface area contributed by atoms with Crippen LogP contribution in [0.5, 0.6) is 0 Å². The van der Waals surface area contributed by atoms with E-state index in [1.165, 1.54) is 4.31 Å². The van der Waals surface area contributed by atoms with Gasteiger partial charge in [-0.15, -0.1) is 0 Å². The van der Waals surface area contributed by atoms with Crippen LogP contribution in [0, 0.1) is 5.92 Å². The second kappa shape index (κ2) is 11.1. The first-order valence-electron chi connectivity index (χ1n) is 11.8. The van der Waals surface area contributed by atoms with Crippen molar-refractivity contribution in [3.8, 4) is 0 Å². The van der Waals surface area contributed by atoms with Crippen LogP contribution in [0.3, 0.4) is 0 Å². The van der Waals surface area contributed by atoms with Crippen molar-refractivity contribution in [2.75, 3.05) is 26.2 Å². The lowest BCUT2D eigenvalue weighted by atomic mass is 10.2. The third kappa shape index (κ3) is 6.11. The molecule has 0 unspecified atom stereocenters. The predicted molar refractivity (Wildman–Crippen MR) is 127 cm³/mol. The van der Waals surface area contributed by atoms with Crippen LogP contribution in [0.25, 0.3) is 11.0 Å². The monoisotopic (exact) mass is 477 g/mol.